The number of carbonyl (C=O) groups excluding carboxylic acids is 2. The van der Waals surface area contributed by atoms with Crippen LogP contribution in [0.5, 0.6) is 0 Å². The first-order valence-corrected chi connectivity index (χ1v) is 10.7. The number of fused-ring (bicyclic) bond motifs is 1. The molecule has 1 N–H and O–H groups in total. The molecule has 4 rings (SSSR count). The van der Waals surface area contributed by atoms with Gasteiger partial charge in [0.1, 0.15) is 0 Å². The third-order valence-electron chi connectivity index (χ3n) is 5.70. The Bertz CT molecular complexity index is 1120. The zero-order valence-corrected chi connectivity index (χ0v) is 18.4. The van der Waals surface area contributed by atoms with Gasteiger partial charge in [-0.3, -0.25) is 9.59 Å². The first kappa shape index (κ1) is 21.4. The van der Waals surface area contributed by atoms with Gasteiger partial charge in [-0.1, -0.05) is 54.6 Å². The van der Waals surface area contributed by atoms with Crippen molar-refractivity contribution in [3.05, 3.63) is 102 Å². The Morgan fingerprint density at radius 2 is 1.62 bits per heavy atom. The van der Waals surface area contributed by atoms with Crippen molar-refractivity contribution in [1.29, 1.82) is 0 Å². The maximum absolute atomic E-state index is 12.8. The first-order chi connectivity index (χ1) is 15.5. The highest BCUT2D eigenvalue weighted by atomic mass is 16.2. The van der Waals surface area contributed by atoms with Crippen LogP contribution in [0.2, 0.25) is 0 Å². The maximum atomic E-state index is 12.8. The van der Waals surface area contributed by atoms with Crippen LogP contribution in [0.3, 0.4) is 0 Å². The molecule has 0 spiro atoms. The molecule has 32 heavy (non-hydrogen) atoms. The topological polar surface area (TPSA) is 52.7 Å². The number of hydrogen-bond donors (Lipinski definition) is 1. The van der Waals surface area contributed by atoms with Crippen LogP contribution in [-0.2, 0) is 16.1 Å². The second kappa shape index (κ2) is 9.52. The fourth-order valence-corrected chi connectivity index (χ4v) is 4.05. The largest absolute Gasteiger partial charge is 0.370 e. The van der Waals surface area contributed by atoms with Gasteiger partial charge in [-0.2, -0.15) is 0 Å². The van der Waals surface area contributed by atoms with Crippen LogP contribution in [0.25, 0.3) is 6.08 Å². The highest BCUT2D eigenvalue weighted by Crippen LogP contribution is 2.33. The van der Waals surface area contributed by atoms with Crippen LogP contribution in [-0.4, -0.2) is 23.8 Å². The van der Waals surface area contributed by atoms with Crippen molar-refractivity contribution in [3.63, 3.8) is 0 Å². The summed E-state index contributed by atoms with van der Waals surface area (Å²) in [6.07, 6.45) is 3.87. The lowest BCUT2D eigenvalue weighted by atomic mass is 9.93. The normalized spacial score (nSPS) is 14.6. The fourth-order valence-electron chi connectivity index (χ4n) is 4.05. The SMILES string of the molecule is CC(=O)N1C=Cc2ccccc2C1CC(=O)Nc1ccc(N(C)Cc2ccccc2)cc1. The van der Waals surface area contributed by atoms with Crippen LogP contribution >= 0.6 is 0 Å². The summed E-state index contributed by atoms with van der Waals surface area (Å²) in [7, 11) is 2.05. The monoisotopic (exact) mass is 425 g/mol. The molecule has 1 aliphatic rings. The van der Waals surface area contributed by atoms with E-state index in [2.05, 4.69) is 22.3 Å². The minimum atomic E-state index is -0.315. The summed E-state index contributed by atoms with van der Waals surface area (Å²) in [6, 6.07) is 25.7. The summed E-state index contributed by atoms with van der Waals surface area (Å²) in [4.78, 5) is 28.8. The summed E-state index contributed by atoms with van der Waals surface area (Å²) in [5, 5.41) is 2.98. The van der Waals surface area contributed by atoms with Crippen LogP contribution in [0.1, 0.15) is 36.1 Å². The van der Waals surface area contributed by atoms with Crippen LogP contribution < -0.4 is 10.2 Å². The highest BCUT2D eigenvalue weighted by Gasteiger charge is 2.28. The predicted octanol–water partition coefficient (Wildman–Crippen LogP) is 5.23. The molecule has 2 amide bonds. The van der Waals surface area contributed by atoms with Crippen LogP contribution in [0, 0.1) is 0 Å². The molecule has 0 saturated heterocycles. The van der Waals surface area contributed by atoms with E-state index in [4.69, 9.17) is 0 Å². The van der Waals surface area contributed by atoms with Crippen LogP contribution in [0.15, 0.2) is 85.1 Å². The molecule has 162 valence electrons. The second-order valence-corrected chi connectivity index (χ2v) is 8.03. The summed E-state index contributed by atoms with van der Waals surface area (Å²) in [5.74, 6) is -0.212. The molecular formula is C27H27N3O2. The first-order valence-electron chi connectivity index (χ1n) is 10.7. The van der Waals surface area contributed by atoms with Gasteiger partial charge >= 0.3 is 0 Å². The number of anilines is 2. The zero-order chi connectivity index (χ0) is 22.5. The van der Waals surface area contributed by atoms with Crippen molar-refractivity contribution < 1.29 is 9.59 Å². The van der Waals surface area contributed by atoms with Gasteiger partial charge < -0.3 is 15.1 Å². The number of rotatable bonds is 6. The Kier molecular flexibility index (Phi) is 6.36. The third-order valence-corrected chi connectivity index (χ3v) is 5.70. The molecule has 1 aliphatic heterocycles. The number of carbonyl (C=O) groups is 2. The van der Waals surface area contributed by atoms with Gasteiger partial charge in [0, 0.05) is 38.1 Å². The molecule has 0 aromatic heterocycles. The van der Waals surface area contributed by atoms with Gasteiger partial charge in [-0.05, 0) is 47.0 Å². The quantitative estimate of drug-likeness (QED) is 0.589. The van der Waals surface area contributed by atoms with E-state index >= 15 is 0 Å². The number of benzene rings is 3. The minimum Gasteiger partial charge on any atom is -0.370 e. The number of nitrogens with zero attached hydrogens (tertiary/aromatic N) is 2. The highest BCUT2D eigenvalue weighted by molar-refractivity contribution is 5.92. The molecule has 3 aromatic rings. The van der Waals surface area contributed by atoms with E-state index in [1.54, 1.807) is 11.1 Å². The molecule has 1 heterocycles. The molecule has 0 aliphatic carbocycles. The average molecular weight is 426 g/mol. The summed E-state index contributed by atoms with van der Waals surface area (Å²) >= 11 is 0. The molecule has 3 aromatic carbocycles. The van der Waals surface area contributed by atoms with E-state index in [0.717, 1.165) is 29.0 Å². The summed E-state index contributed by atoms with van der Waals surface area (Å²) < 4.78 is 0. The van der Waals surface area contributed by atoms with Gasteiger partial charge in [-0.15, -0.1) is 0 Å². The molecule has 1 unspecified atom stereocenters. The smallest absolute Gasteiger partial charge is 0.226 e. The lowest BCUT2D eigenvalue weighted by Gasteiger charge is -2.32. The Morgan fingerprint density at radius 1 is 0.938 bits per heavy atom. The Labute approximate surface area is 189 Å². The van der Waals surface area contributed by atoms with Gasteiger partial charge in [0.05, 0.1) is 12.5 Å². The zero-order valence-electron chi connectivity index (χ0n) is 18.4. The van der Waals surface area contributed by atoms with Gasteiger partial charge in [0.2, 0.25) is 11.8 Å². The predicted molar refractivity (Wildman–Crippen MR) is 129 cm³/mol. The maximum Gasteiger partial charge on any atom is 0.226 e. The van der Waals surface area contributed by atoms with Gasteiger partial charge in [0.25, 0.3) is 0 Å². The molecule has 0 bridgehead atoms. The molecule has 5 nitrogen and oxygen atoms in total. The van der Waals surface area contributed by atoms with Crippen molar-refractivity contribution >= 4 is 29.3 Å². The fraction of sp³-hybridized carbons (Fsp3) is 0.185. The molecule has 0 saturated carbocycles. The number of amides is 2. The third kappa shape index (κ3) is 4.89. The standard InChI is InChI=1S/C27H27N3O2/c1-20(31)30-17-16-22-10-6-7-11-25(22)26(30)18-27(32)28-23-12-14-24(15-13-23)29(2)19-21-8-4-3-5-9-21/h3-17,26H,18-19H2,1-2H3,(H,28,32). The van der Waals surface area contributed by atoms with E-state index in [0.29, 0.717) is 0 Å². The van der Waals surface area contributed by atoms with Crippen molar-refractivity contribution in [2.24, 2.45) is 0 Å². The lowest BCUT2D eigenvalue weighted by Crippen LogP contribution is -2.33. The molecule has 0 radical (unpaired) electrons. The van der Waals surface area contributed by atoms with E-state index in [9.17, 15) is 9.59 Å². The van der Waals surface area contributed by atoms with Crippen molar-refractivity contribution in [2.75, 3.05) is 17.3 Å². The van der Waals surface area contributed by atoms with E-state index in [1.807, 2.05) is 79.9 Å². The van der Waals surface area contributed by atoms with Crippen molar-refractivity contribution in [3.8, 4) is 0 Å². The van der Waals surface area contributed by atoms with Gasteiger partial charge in [-0.25, -0.2) is 0 Å². The summed E-state index contributed by atoms with van der Waals surface area (Å²) in [5.41, 5.74) is 5.07. The molecular weight excluding hydrogens is 398 g/mol. The minimum absolute atomic E-state index is 0.0839. The Morgan fingerprint density at radius 3 is 2.34 bits per heavy atom. The molecule has 5 heteroatoms. The molecule has 1 atom stereocenters. The summed E-state index contributed by atoms with van der Waals surface area (Å²) in [6.45, 7) is 2.33. The second-order valence-electron chi connectivity index (χ2n) is 8.03. The van der Waals surface area contributed by atoms with Crippen molar-refractivity contribution in [1.82, 2.24) is 4.90 Å². The average Bonchev–Trinajstić information content (AvgIpc) is 2.80. The van der Waals surface area contributed by atoms with E-state index in [1.165, 1.54) is 12.5 Å². The Balaban J connectivity index is 1.41. The van der Waals surface area contributed by atoms with Crippen LogP contribution in [0.4, 0.5) is 11.4 Å². The lowest BCUT2D eigenvalue weighted by molar-refractivity contribution is -0.129. The Hall–Kier alpha value is -3.86. The van der Waals surface area contributed by atoms with E-state index < -0.39 is 0 Å². The van der Waals surface area contributed by atoms with E-state index in [-0.39, 0.29) is 24.3 Å². The molecule has 0 fully saturated rings. The van der Waals surface area contributed by atoms with Crippen molar-refractivity contribution in [2.45, 2.75) is 25.9 Å². The number of hydrogen-bond acceptors (Lipinski definition) is 3. The van der Waals surface area contributed by atoms with Gasteiger partial charge in [0.15, 0.2) is 0 Å². The number of nitrogens with one attached hydrogen (secondary N) is 1.